The highest BCUT2D eigenvalue weighted by Crippen LogP contribution is 2.21. The smallest absolute Gasteiger partial charge is 0.197 e. The summed E-state index contributed by atoms with van der Waals surface area (Å²) in [6.45, 7) is 6.58. The fraction of sp³-hybridized carbons (Fsp3) is 0.227. The van der Waals surface area contributed by atoms with Gasteiger partial charge in [-0.2, -0.15) is 5.10 Å². The van der Waals surface area contributed by atoms with E-state index in [1.54, 1.807) is 43.0 Å². The summed E-state index contributed by atoms with van der Waals surface area (Å²) in [6, 6.07) is 16.7. The van der Waals surface area contributed by atoms with Gasteiger partial charge in [0.1, 0.15) is 5.69 Å². The SMILES string of the molecule is CCOC.Cc1ccc(-n2nc(C=O)c(C(=O)c3ccccc3)c2C)cc1. The molecule has 27 heavy (non-hydrogen) atoms. The summed E-state index contributed by atoms with van der Waals surface area (Å²) < 4.78 is 6.18. The number of methoxy groups -OCH3 is 1. The second-order valence-electron chi connectivity index (χ2n) is 5.98. The predicted molar refractivity (Wildman–Crippen MR) is 106 cm³/mol. The molecule has 0 bridgehead atoms. The first-order valence-electron chi connectivity index (χ1n) is 8.74. The lowest BCUT2D eigenvalue weighted by Crippen LogP contribution is -2.06. The van der Waals surface area contributed by atoms with E-state index < -0.39 is 0 Å². The molecule has 0 N–H and O–H groups in total. The van der Waals surface area contributed by atoms with Crippen LogP contribution in [0, 0.1) is 13.8 Å². The third-order valence-electron chi connectivity index (χ3n) is 4.09. The Morgan fingerprint density at radius 1 is 1.07 bits per heavy atom. The van der Waals surface area contributed by atoms with Crippen LogP contribution in [-0.4, -0.2) is 35.6 Å². The fourth-order valence-corrected chi connectivity index (χ4v) is 2.56. The first-order chi connectivity index (χ1) is 13.0. The molecule has 2 aromatic carbocycles. The number of hydrogen-bond acceptors (Lipinski definition) is 4. The van der Waals surface area contributed by atoms with Gasteiger partial charge in [0, 0.05) is 19.3 Å². The standard InChI is InChI=1S/C19H16N2O2.C3H8O/c1-13-8-10-16(11-9-13)21-14(2)18(17(12-22)20-21)19(23)15-6-4-3-5-7-15;1-3-4-2/h3-12H,1-2H3;3H2,1-2H3. The summed E-state index contributed by atoms with van der Waals surface area (Å²) in [5.41, 5.74) is 3.67. The zero-order valence-corrected chi connectivity index (χ0v) is 16.1. The van der Waals surface area contributed by atoms with Gasteiger partial charge in [-0.1, -0.05) is 48.0 Å². The second kappa shape index (κ2) is 9.59. The van der Waals surface area contributed by atoms with Crippen molar-refractivity contribution in [2.75, 3.05) is 13.7 Å². The summed E-state index contributed by atoms with van der Waals surface area (Å²) >= 11 is 0. The van der Waals surface area contributed by atoms with Gasteiger partial charge in [-0.05, 0) is 32.9 Å². The number of carbonyl (C=O) groups excluding carboxylic acids is 2. The zero-order valence-electron chi connectivity index (χ0n) is 16.1. The topological polar surface area (TPSA) is 61.2 Å². The Morgan fingerprint density at radius 3 is 2.19 bits per heavy atom. The van der Waals surface area contributed by atoms with E-state index in [0.717, 1.165) is 17.9 Å². The maximum absolute atomic E-state index is 12.7. The van der Waals surface area contributed by atoms with E-state index in [9.17, 15) is 9.59 Å². The van der Waals surface area contributed by atoms with Gasteiger partial charge >= 0.3 is 0 Å². The van der Waals surface area contributed by atoms with E-state index in [1.807, 2.05) is 44.2 Å². The lowest BCUT2D eigenvalue weighted by molar-refractivity contribution is 0.102. The summed E-state index contributed by atoms with van der Waals surface area (Å²) in [5, 5.41) is 4.30. The Morgan fingerprint density at radius 2 is 1.67 bits per heavy atom. The van der Waals surface area contributed by atoms with Crippen LogP contribution in [0.1, 0.15) is 44.6 Å². The molecule has 1 aromatic heterocycles. The van der Waals surface area contributed by atoms with Crippen LogP contribution >= 0.6 is 0 Å². The number of rotatable bonds is 5. The average Bonchev–Trinajstić information content (AvgIpc) is 3.05. The van der Waals surface area contributed by atoms with Gasteiger partial charge in [-0.3, -0.25) is 9.59 Å². The quantitative estimate of drug-likeness (QED) is 0.503. The van der Waals surface area contributed by atoms with Crippen LogP contribution < -0.4 is 0 Å². The summed E-state index contributed by atoms with van der Waals surface area (Å²) in [7, 11) is 1.68. The first-order valence-corrected chi connectivity index (χ1v) is 8.74. The molecule has 0 saturated heterocycles. The minimum absolute atomic E-state index is 0.164. The molecular formula is C22H24N2O3. The number of carbonyl (C=O) groups is 2. The van der Waals surface area contributed by atoms with Crippen molar-refractivity contribution in [3.05, 3.63) is 82.7 Å². The summed E-state index contributed by atoms with van der Waals surface area (Å²) in [5.74, 6) is -0.191. The van der Waals surface area contributed by atoms with E-state index in [-0.39, 0.29) is 11.5 Å². The van der Waals surface area contributed by atoms with E-state index in [1.165, 1.54) is 0 Å². The molecule has 0 atom stereocenters. The predicted octanol–water partition coefficient (Wildman–Crippen LogP) is 4.19. The molecule has 3 aromatic rings. The molecule has 3 rings (SSSR count). The van der Waals surface area contributed by atoms with Crippen LogP contribution in [0.3, 0.4) is 0 Å². The van der Waals surface area contributed by atoms with Crippen LogP contribution in [0.2, 0.25) is 0 Å². The molecule has 5 heteroatoms. The molecule has 0 radical (unpaired) electrons. The minimum atomic E-state index is -0.191. The highest BCUT2D eigenvalue weighted by atomic mass is 16.5. The maximum Gasteiger partial charge on any atom is 0.197 e. The molecule has 0 amide bonds. The van der Waals surface area contributed by atoms with Gasteiger partial charge in [0.15, 0.2) is 12.1 Å². The normalized spacial score (nSPS) is 10.1. The molecule has 0 fully saturated rings. The lowest BCUT2D eigenvalue weighted by Gasteiger charge is -2.05. The second-order valence-corrected chi connectivity index (χ2v) is 5.98. The van der Waals surface area contributed by atoms with E-state index in [0.29, 0.717) is 23.1 Å². The number of benzene rings is 2. The Bertz CT molecular complexity index is 895. The number of aromatic nitrogens is 2. The molecule has 0 aliphatic heterocycles. The number of ketones is 1. The first kappa shape index (κ1) is 20.3. The van der Waals surface area contributed by atoms with Gasteiger partial charge in [-0.15, -0.1) is 0 Å². The number of aldehydes is 1. The van der Waals surface area contributed by atoms with E-state index in [4.69, 9.17) is 0 Å². The van der Waals surface area contributed by atoms with Gasteiger partial charge < -0.3 is 4.74 Å². The highest BCUT2D eigenvalue weighted by molar-refractivity contribution is 6.13. The van der Waals surface area contributed by atoms with E-state index in [2.05, 4.69) is 9.84 Å². The van der Waals surface area contributed by atoms with Crippen LogP contribution in [0.25, 0.3) is 5.69 Å². The molecular weight excluding hydrogens is 340 g/mol. The Labute approximate surface area is 159 Å². The number of aryl methyl sites for hydroxylation is 1. The zero-order chi connectivity index (χ0) is 19.8. The highest BCUT2D eigenvalue weighted by Gasteiger charge is 2.22. The van der Waals surface area contributed by atoms with Crippen LogP contribution in [0.4, 0.5) is 0 Å². The van der Waals surface area contributed by atoms with Crippen molar-refractivity contribution in [1.82, 2.24) is 9.78 Å². The van der Waals surface area contributed by atoms with Crippen molar-refractivity contribution >= 4 is 12.1 Å². The molecule has 140 valence electrons. The molecule has 5 nitrogen and oxygen atoms in total. The van der Waals surface area contributed by atoms with Gasteiger partial charge in [0.25, 0.3) is 0 Å². The van der Waals surface area contributed by atoms with Crippen molar-refractivity contribution in [2.45, 2.75) is 20.8 Å². The van der Waals surface area contributed by atoms with Gasteiger partial charge in [-0.25, -0.2) is 4.68 Å². The Balaban J connectivity index is 0.000000596. The molecule has 0 saturated carbocycles. The minimum Gasteiger partial charge on any atom is -0.385 e. The van der Waals surface area contributed by atoms with E-state index >= 15 is 0 Å². The van der Waals surface area contributed by atoms with Crippen molar-refractivity contribution in [1.29, 1.82) is 0 Å². The Kier molecular flexibility index (Phi) is 7.20. The van der Waals surface area contributed by atoms with Crippen LogP contribution in [0.15, 0.2) is 54.6 Å². The molecule has 0 aliphatic rings. The average molecular weight is 364 g/mol. The summed E-state index contributed by atoms with van der Waals surface area (Å²) in [4.78, 5) is 24.1. The fourth-order valence-electron chi connectivity index (χ4n) is 2.56. The monoisotopic (exact) mass is 364 g/mol. The molecule has 1 heterocycles. The number of nitrogens with zero attached hydrogens (tertiary/aromatic N) is 2. The van der Waals surface area contributed by atoms with Crippen molar-refractivity contribution in [2.24, 2.45) is 0 Å². The third-order valence-corrected chi connectivity index (χ3v) is 4.09. The molecule has 0 spiro atoms. The number of ether oxygens (including phenoxy) is 1. The van der Waals surface area contributed by atoms with Crippen molar-refractivity contribution < 1.29 is 14.3 Å². The summed E-state index contributed by atoms with van der Waals surface area (Å²) in [6.07, 6.45) is 0.633. The lowest BCUT2D eigenvalue weighted by atomic mass is 10.0. The van der Waals surface area contributed by atoms with Crippen LogP contribution in [0.5, 0.6) is 0 Å². The van der Waals surface area contributed by atoms with Gasteiger partial charge in [0.2, 0.25) is 0 Å². The van der Waals surface area contributed by atoms with Crippen molar-refractivity contribution in [3.63, 3.8) is 0 Å². The Hall–Kier alpha value is -3.05. The van der Waals surface area contributed by atoms with Crippen LogP contribution in [-0.2, 0) is 4.74 Å². The largest absolute Gasteiger partial charge is 0.385 e. The number of hydrogen-bond donors (Lipinski definition) is 0. The van der Waals surface area contributed by atoms with Gasteiger partial charge in [0.05, 0.1) is 16.9 Å². The molecule has 0 unspecified atom stereocenters. The third kappa shape index (κ3) is 4.77. The van der Waals surface area contributed by atoms with Crippen molar-refractivity contribution in [3.8, 4) is 5.69 Å². The molecule has 0 aliphatic carbocycles. The maximum atomic E-state index is 12.7.